The van der Waals surface area contributed by atoms with Crippen LogP contribution in [-0.2, 0) is 10.0 Å². The van der Waals surface area contributed by atoms with E-state index < -0.39 is 10.0 Å². The molecule has 3 heterocycles. The molecule has 0 unspecified atom stereocenters. The molecule has 27 heavy (non-hydrogen) atoms. The van der Waals surface area contributed by atoms with Crippen LogP contribution in [0.25, 0.3) is 10.1 Å². The van der Waals surface area contributed by atoms with Gasteiger partial charge in [-0.05, 0) is 41.8 Å². The summed E-state index contributed by atoms with van der Waals surface area (Å²) < 4.78 is 27.7. The van der Waals surface area contributed by atoms with E-state index in [4.69, 9.17) is 0 Å². The van der Waals surface area contributed by atoms with Gasteiger partial charge in [-0.2, -0.15) is 4.31 Å². The number of aromatic nitrogens is 1. The SMILES string of the molecule is O=C(Nc1ccc(S(=O)(=O)N2CCNCC2)cc1)c1cc2ccncc2s1. The number of fused-ring (bicyclic) bond motifs is 1. The average Bonchev–Trinajstić information content (AvgIpc) is 3.13. The number of rotatable bonds is 4. The number of nitrogens with one attached hydrogen (secondary N) is 2. The zero-order valence-corrected chi connectivity index (χ0v) is 16.0. The van der Waals surface area contributed by atoms with Crippen LogP contribution in [0.1, 0.15) is 9.67 Å². The molecule has 9 heteroatoms. The average molecular weight is 403 g/mol. The van der Waals surface area contributed by atoms with Gasteiger partial charge in [-0.1, -0.05) is 0 Å². The highest BCUT2D eigenvalue weighted by Crippen LogP contribution is 2.25. The summed E-state index contributed by atoms with van der Waals surface area (Å²) in [6, 6.07) is 9.96. The minimum atomic E-state index is -3.50. The zero-order valence-electron chi connectivity index (χ0n) is 14.4. The molecule has 1 aromatic carbocycles. The maximum Gasteiger partial charge on any atom is 0.265 e. The summed E-state index contributed by atoms with van der Waals surface area (Å²) in [6.07, 6.45) is 3.42. The topological polar surface area (TPSA) is 91.4 Å². The Morgan fingerprint density at radius 3 is 2.59 bits per heavy atom. The van der Waals surface area contributed by atoms with Gasteiger partial charge >= 0.3 is 0 Å². The van der Waals surface area contributed by atoms with Gasteiger partial charge in [0.2, 0.25) is 10.0 Å². The molecule has 140 valence electrons. The minimum absolute atomic E-state index is 0.228. The number of benzene rings is 1. The quantitative estimate of drug-likeness (QED) is 0.698. The Bertz CT molecular complexity index is 1040. The summed E-state index contributed by atoms with van der Waals surface area (Å²) in [5.41, 5.74) is 0.551. The number of anilines is 1. The van der Waals surface area contributed by atoms with E-state index >= 15 is 0 Å². The predicted octanol–water partition coefficient (Wildman–Crippen LogP) is 2.14. The molecule has 1 aliphatic rings. The van der Waals surface area contributed by atoms with Crippen LogP contribution in [0.3, 0.4) is 0 Å². The molecule has 4 rings (SSSR count). The molecule has 1 amide bonds. The first-order valence-electron chi connectivity index (χ1n) is 8.50. The van der Waals surface area contributed by atoms with Crippen molar-refractivity contribution in [2.75, 3.05) is 31.5 Å². The molecule has 1 saturated heterocycles. The lowest BCUT2D eigenvalue weighted by molar-refractivity contribution is 0.103. The van der Waals surface area contributed by atoms with E-state index in [1.165, 1.54) is 27.8 Å². The number of sulfonamides is 1. The third-order valence-corrected chi connectivity index (χ3v) is 7.37. The molecule has 1 aliphatic heterocycles. The maximum atomic E-state index is 12.6. The van der Waals surface area contributed by atoms with Crippen LogP contribution in [0.2, 0.25) is 0 Å². The fourth-order valence-corrected chi connectivity index (χ4v) is 5.30. The normalized spacial score (nSPS) is 15.7. The third-order valence-electron chi connectivity index (χ3n) is 4.37. The van der Waals surface area contributed by atoms with Crippen molar-refractivity contribution in [2.24, 2.45) is 0 Å². The molecule has 3 aromatic rings. The Morgan fingerprint density at radius 1 is 1.15 bits per heavy atom. The first-order chi connectivity index (χ1) is 13.0. The highest BCUT2D eigenvalue weighted by Gasteiger charge is 2.25. The first kappa shape index (κ1) is 18.1. The van der Waals surface area contributed by atoms with Crippen LogP contribution in [0.5, 0.6) is 0 Å². The van der Waals surface area contributed by atoms with Crippen LogP contribution in [0, 0.1) is 0 Å². The van der Waals surface area contributed by atoms with E-state index in [-0.39, 0.29) is 10.8 Å². The number of thiophene rings is 1. The number of amides is 1. The van der Waals surface area contributed by atoms with Crippen LogP contribution < -0.4 is 10.6 Å². The molecule has 2 aromatic heterocycles. The van der Waals surface area contributed by atoms with Gasteiger partial charge in [0.1, 0.15) is 0 Å². The second-order valence-corrected chi connectivity index (χ2v) is 9.18. The highest BCUT2D eigenvalue weighted by molar-refractivity contribution is 7.89. The van der Waals surface area contributed by atoms with Crippen molar-refractivity contribution < 1.29 is 13.2 Å². The summed E-state index contributed by atoms with van der Waals surface area (Å²) in [5, 5.41) is 6.92. The smallest absolute Gasteiger partial charge is 0.265 e. The lowest BCUT2D eigenvalue weighted by Crippen LogP contribution is -2.46. The van der Waals surface area contributed by atoms with Gasteiger partial charge < -0.3 is 10.6 Å². The zero-order chi connectivity index (χ0) is 18.9. The Balaban J connectivity index is 1.49. The van der Waals surface area contributed by atoms with Crippen molar-refractivity contribution in [3.63, 3.8) is 0 Å². The van der Waals surface area contributed by atoms with E-state index in [0.29, 0.717) is 36.7 Å². The predicted molar refractivity (Wildman–Crippen MR) is 106 cm³/mol. The Labute approximate surface area is 161 Å². The summed E-state index contributed by atoms with van der Waals surface area (Å²) in [4.78, 5) is 17.3. The van der Waals surface area contributed by atoms with Gasteiger partial charge in [-0.15, -0.1) is 11.3 Å². The standard InChI is InChI=1S/C18H18N4O3S2/c23-18(16-11-13-5-6-20-12-17(13)26-16)21-14-1-3-15(4-2-14)27(24,25)22-9-7-19-8-10-22/h1-6,11-12,19H,7-10H2,(H,21,23). The lowest BCUT2D eigenvalue weighted by Gasteiger charge is -2.26. The van der Waals surface area contributed by atoms with Gasteiger partial charge in [0.25, 0.3) is 5.91 Å². The van der Waals surface area contributed by atoms with Gasteiger partial charge in [0.05, 0.1) is 14.5 Å². The van der Waals surface area contributed by atoms with Crippen LogP contribution in [0.15, 0.2) is 53.7 Å². The van der Waals surface area contributed by atoms with E-state index in [9.17, 15) is 13.2 Å². The lowest BCUT2D eigenvalue weighted by atomic mass is 10.3. The molecule has 0 spiro atoms. The van der Waals surface area contributed by atoms with E-state index in [0.717, 1.165) is 10.1 Å². The highest BCUT2D eigenvalue weighted by atomic mass is 32.2. The minimum Gasteiger partial charge on any atom is -0.321 e. The fraction of sp³-hybridized carbons (Fsp3) is 0.222. The summed E-state index contributed by atoms with van der Waals surface area (Å²) in [5.74, 6) is -0.228. The van der Waals surface area contributed by atoms with E-state index in [2.05, 4.69) is 15.6 Å². The number of carbonyl (C=O) groups is 1. The monoisotopic (exact) mass is 402 g/mol. The van der Waals surface area contributed by atoms with Crippen molar-refractivity contribution >= 4 is 43.0 Å². The van der Waals surface area contributed by atoms with Crippen molar-refractivity contribution in [1.29, 1.82) is 0 Å². The third kappa shape index (κ3) is 3.72. The van der Waals surface area contributed by atoms with E-state index in [1.807, 2.05) is 12.1 Å². The van der Waals surface area contributed by atoms with Crippen molar-refractivity contribution in [3.05, 3.63) is 53.7 Å². The molecule has 7 nitrogen and oxygen atoms in total. The van der Waals surface area contributed by atoms with E-state index in [1.54, 1.807) is 24.5 Å². The number of carbonyl (C=O) groups excluding carboxylic acids is 1. The number of nitrogens with zero attached hydrogens (tertiary/aromatic N) is 2. The van der Waals surface area contributed by atoms with Crippen LogP contribution >= 0.6 is 11.3 Å². The molecule has 0 radical (unpaired) electrons. The number of piperazine rings is 1. The molecule has 0 bridgehead atoms. The van der Waals surface area contributed by atoms with Crippen molar-refractivity contribution in [1.82, 2.24) is 14.6 Å². The molecule has 0 atom stereocenters. The first-order valence-corrected chi connectivity index (χ1v) is 10.8. The van der Waals surface area contributed by atoms with Gasteiger partial charge in [-0.25, -0.2) is 8.42 Å². The second kappa shape index (κ2) is 7.35. The molecule has 0 saturated carbocycles. The van der Waals surface area contributed by atoms with Gasteiger partial charge in [-0.3, -0.25) is 9.78 Å². The molecule has 1 fully saturated rings. The number of hydrogen-bond acceptors (Lipinski definition) is 6. The fourth-order valence-electron chi connectivity index (χ4n) is 2.93. The van der Waals surface area contributed by atoms with Gasteiger partial charge in [0.15, 0.2) is 0 Å². The summed E-state index contributed by atoms with van der Waals surface area (Å²) in [7, 11) is -3.50. The molecule has 0 aliphatic carbocycles. The van der Waals surface area contributed by atoms with Crippen molar-refractivity contribution in [2.45, 2.75) is 4.90 Å². The van der Waals surface area contributed by atoms with Crippen molar-refractivity contribution in [3.8, 4) is 0 Å². The Hall–Kier alpha value is -2.33. The number of hydrogen-bond donors (Lipinski definition) is 2. The summed E-state index contributed by atoms with van der Waals surface area (Å²) >= 11 is 1.37. The maximum absolute atomic E-state index is 12.6. The number of pyridine rings is 1. The second-order valence-electron chi connectivity index (χ2n) is 6.16. The Morgan fingerprint density at radius 2 is 1.89 bits per heavy atom. The summed E-state index contributed by atoms with van der Waals surface area (Å²) in [6.45, 7) is 2.22. The van der Waals surface area contributed by atoms with Crippen LogP contribution in [0.4, 0.5) is 5.69 Å². The molecular weight excluding hydrogens is 384 g/mol. The molecular formula is C18H18N4O3S2. The largest absolute Gasteiger partial charge is 0.321 e. The molecule has 2 N–H and O–H groups in total. The van der Waals surface area contributed by atoms with Gasteiger partial charge in [0, 0.05) is 44.3 Å². The van der Waals surface area contributed by atoms with Crippen LogP contribution in [-0.4, -0.2) is 49.8 Å². The Kier molecular flexibility index (Phi) is 4.92.